The van der Waals surface area contributed by atoms with Gasteiger partial charge in [0.15, 0.2) is 0 Å². The van der Waals surface area contributed by atoms with Crippen LogP contribution in [0.5, 0.6) is 0 Å². The molecule has 0 aromatic heterocycles. The Morgan fingerprint density at radius 3 is 2.47 bits per heavy atom. The number of likely N-dealkylation sites (tertiary alicyclic amines) is 1. The second kappa shape index (κ2) is 6.72. The molecule has 19 heavy (non-hydrogen) atoms. The predicted molar refractivity (Wildman–Crippen MR) is 71.6 cm³/mol. The lowest BCUT2D eigenvalue weighted by molar-refractivity contribution is -0.141. The Balaban J connectivity index is 2.68. The summed E-state index contributed by atoms with van der Waals surface area (Å²) in [6, 6.07) is -0.591. The summed E-state index contributed by atoms with van der Waals surface area (Å²) < 4.78 is 0. The summed E-state index contributed by atoms with van der Waals surface area (Å²) in [6.45, 7) is 5.44. The van der Waals surface area contributed by atoms with Gasteiger partial charge in [0.1, 0.15) is 0 Å². The van der Waals surface area contributed by atoms with E-state index in [-0.39, 0.29) is 18.6 Å². The van der Waals surface area contributed by atoms with Gasteiger partial charge in [0, 0.05) is 31.7 Å². The maximum Gasteiger partial charge on any atom is 0.320 e. The van der Waals surface area contributed by atoms with Crippen LogP contribution in [-0.4, -0.2) is 65.2 Å². The molecule has 2 atom stereocenters. The molecular formula is C12H24N4O3. The average Bonchev–Trinajstić information content (AvgIpc) is 2.71. The zero-order chi connectivity index (χ0) is 14.6. The zero-order valence-corrected chi connectivity index (χ0v) is 11.6. The Morgan fingerprint density at radius 2 is 2.05 bits per heavy atom. The topological polar surface area (TPSA) is 113 Å². The van der Waals surface area contributed by atoms with Crippen LogP contribution in [0.4, 0.5) is 4.79 Å². The van der Waals surface area contributed by atoms with Crippen molar-refractivity contribution < 1.29 is 14.7 Å². The molecule has 7 nitrogen and oxygen atoms in total. The second-order valence-corrected chi connectivity index (χ2v) is 5.23. The van der Waals surface area contributed by atoms with Gasteiger partial charge in [0.25, 0.3) is 0 Å². The fraction of sp³-hybridized carbons (Fsp3) is 0.833. The Morgan fingerprint density at radius 1 is 1.42 bits per heavy atom. The number of hydrogen-bond acceptors (Lipinski definition) is 4. The van der Waals surface area contributed by atoms with Gasteiger partial charge in [0.2, 0.25) is 0 Å². The maximum absolute atomic E-state index is 12.4. The number of carbonyl (C=O) groups is 2. The van der Waals surface area contributed by atoms with Crippen LogP contribution in [0.3, 0.4) is 0 Å². The lowest BCUT2D eigenvalue weighted by Crippen LogP contribution is -2.47. The molecule has 1 saturated heterocycles. The van der Waals surface area contributed by atoms with Gasteiger partial charge in [-0.3, -0.25) is 4.79 Å². The molecule has 0 aromatic carbocycles. The van der Waals surface area contributed by atoms with E-state index >= 15 is 0 Å². The second-order valence-electron chi connectivity index (χ2n) is 5.23. The summed E-state index contributed by atoms with van der Waals surface area (Å²) in [7, 11) is 0. The molecule has 2 amide bonds. The van der Waals surface area contributed by atoms with Crippen LogP contribution in [0, 0.1) is 5.92 Å². The van der Waals surface area contributed by atoms with Gasteiger partial charge in [-0.1, -0.05) is 0 Å². The molecule has 1 fully saturated rings. The molecule has 0 radical (unpaired) electrons. The normalized spacial score (nSPS) is 22.9. The Labute approximate surface area is 113 Å². The molecular weight excluding hydrogens is 248 g/mol. The van der Waals surface area contributed by atoms with E-state index in [4.69, 9.17) is 16.6 Å². The first-order chi connectivity index (χ1) is 8.88. The highest BCUT2D eigenvalue weighted by Gasteiger charge is 2.39. The summed E-state index contributed by atoms with van der Waals surface area (Å²) in [4.78, 5) is 26.6. The lowest BCUT2D eigenvalue weighted by Gasteiger charge is -2.31. The van der Waals surface area contributed by atoms with Crippen LogP contribution in [0.1, 0.15) is 20.3 Å². The molecule has 110 valence electrons. The molecule has 1 rings (SSSR count). The number of carbonyl (C=O) groups excluding carboxylic acids is 1. The molecule has 0 aromatic rings. The molecule has 0 bridgehead atoms. The number of urea groups is 1. The van der Waals surface area contributed by atoms with E-state index < -0.39 is 17.9 Å². The largest absolute Gasteiger partial charge is 0.481 e. The third-order valence-corrected chi connectivity index (χ3v) is 3.43. The number of hydrogen-bond donors (Lipinski definition) is 3. The Bertz CT molecular complexity index is 335. The van der Waals surface area contributed by atoms with E-state index in [2.05, 4.69) is 0 Å². The average molecular weight is 272 g/mol. The van der Waals surface area contributed by atoms with Crippen LogP contribution < -0.4 is 11.5 Å². The Kier molecular flexibility index (Phi) is 5.56. The number of aliphatic carboxylic acids is 1. The molecule has 0 unspecified atom stereocenters. The number of amides is 2. The van der Waals surface area contributed by atoms with Crippen LogP contribution in [0.15, 0.2) is 0 Å². The third kappa shape index (κ3) is 3.81. The summed E-state index contributed by atoms with van der Waals surface area (Å²) in [5.74, 6) is -1.62. The minimum atomic E-state index is -0.944. The van der Waals surface area contributed by atoms with E-state index in [0.29, 0.717) is 19.6 Å². The van der Waals surface area contributed by atoms with Crippen molar-refractivity contribution in [3.05, 3.63) is 0 Å². The number of carboxylic acids is 1. The summed E-state index contributed by atoms with van der Waals surface area (Å²) in [5.41, 5.74) is 11.2. The van der Waals surface area contributed by atoms with Gasteiger partial charge >= 0.3 is 12.0 Å². The van der Waals surface area contributed by atoms with Gasteiger partial charge in [-0.15, -0.1) is 0 Å². The summed E-state index contributed by atoms with van der Waals surface area (Å²) in [5, 5.41) is 9.02. The number of carboxylic acid groups (broad SMARTS) is 1. The SMILES string of the molecule is CC(C)N(CCCN)C(=O)N1C[C@H](N)[C@H](C(=O)O)C1. The highest BCUT2D eigenvalue weighted by molar-refractivity contribution is 5.78. The van der Waals surface area contributed by atoms with Crippen molar-refractivity contribution in [1.82, 2.24) is 9.80 Å². The van der Waals surface area contributed by atoms with Gasteiger partial charge in [-0.25, -0.2) is 4.79 Å². The quantitative estimate of drug-likeness (QED) is 0.625. The number of nitrogens with two attached hydrogens (primary N) is 2. The molecule has 1 aliphatic rings. The van der Waals surface area contributed by atoms with Crippen molar-refractivity contribution in [3.63, 3.8) is 0 Å². The molecule has 1 aliphatic heterocycles. The van der Waals surface area contributed by atoms with E-state index in [0.717, 1.165) is 6.42 Å². The fourth-order valence-corrected chi connectivity index (χ4v) is 2.26. The van der Waals surface area contributed by atoms with Crippen LogP contribution >= 0.6 is 0 Å². The summed E-state index contributed by atoms with van der Waals surface area (Å²) >= 11 is 0. The molecule has 5 N–H and O–H groups in total. The fourth-order valence-electron chi connectivity index (χ4n) is 2.26. The monoisotopic (exact) mass is 272 g/mol. The molecule has 0 aliphatic carbocycles. The van der Waals surface area contributed by atoms with Crippen LogP contribution in [0.25, 0.3) is 0 Å². The molecule has 0 spiro atoms. The van der Waals surface area contributed by atoms with Crippen molar-refractivity contribution in [2.75, 3.05) is 26.2 Å². The zero-order valence-electron chi connectivity index (χ0n) is 11.6. The smallest absolute Gasteiger partial charge is 0.320 e. The third-order valence-electron chi connectivity index (χ3n) is 3.43. The van der Waals surface area contributed by atoms with Crippen LogP contribution in [0.2, 0.25) is 0 Å². The first kappa shape index (κ1) is 15.7. The van der Waals surface area contributed by atoms with Crippen molar-refractivity contribution >= 4 is 12.0 Å². The van der Waals surface area contributed by atoms with Crippen molar-refractivity contribution in [2.24, 2.45) is 17.4 Å². The van der Waals surface area contributed by atoms with E-state index in [1.165, 1.54) is 4.90 Å². The van der Waals surface area contributed by atoms with Crippen LogP contribution in [-0.2, 0) is 4.79 Å². The molecule has 1 heterocycles. The standard InChI is InChI=1S/C12H24N4O3/c1-8(2)16(5-3-4-13)12(19)15-6-9(11(17)18)10(14)7-15/h8-10H,3-7,13-14H2,1-2H3,(H,17,18)/t9-,10+/m1/s1. The van der Waals surface area contributed by atoms with E-state index in [9.17, 15) is 9.59 Å². The minimum Gasteiger partial charge on any atom is -0.481 e. The van der Waals surface area contributed by atoms with Gasteiger partial charge in [-0.2, -0.15) is 0 Å². The van der Waals surface area contributed by atoms with E-state index in [1.54, 1.807) is 4.90 Å². The van der Waals surface area contributed by atoms with Gasteiger partial charge < -0.3 is 26.4 Å². The number of nitrogens with zero attached hydrogens (tertiary/aromatic N) is 2. The van der Waals surface area contributed by atoms with Crippen molar-refractivity contribution in [3.8, 4) is 0 Å². The first-order valence-corrected chi connectivity index (χ1v) is 6.62. The van der Waals surface area contributed by atoms with Crippen molar-refractivity contribution in [1.29, 1.82) is 0 Å². The van der Waals surface area contributed by atoms with Crippen molar-refractivity contribution in [2.45, 2.75) is 32.4 Å². The summed E-state index contributed by atoms with van der Waals surface area (Å²) in [6.07, 6.45) is 0.728. The van der Waals surface area contributed by atoms with Gasteiger partial charge in [0.05, 0.1) is 5.92 Å². The molecule has 0 saturated carbocycles. The Hall–Kier alpha value is -1.34. The minimum absolute atomic E-state index is 0.0548. The number of rotatable bonds is 5. The highest BCUT2D eigenvalue weighted by Crippen LogP contribution is 2.18. The lowest BCUT2D eigenvalue weighted by atomic mass is 10.1. The highest BCUT2D eigenvalue weighted by atomic mass is 16.4. The maximum atomic E-state index is 12.4. The van der Waals surface area contributed by atoms with Gasteiger partial charge in [-0.05, 0) is 26.8 Å². The predicted octanol–water partition coefficient (Wildman–Crippen LogP) is -0.491. The molecule has 7 heteroatoms. The van der Waals surface area contributed by atoms with E-state index in [1.807, 2.05) is 13.8 Å². The first-order valence-electron chi connectivity index (χ1n) is 6.62.